The Kier molecular flexibility index (Phi) is 4.42. The lowest BCUT2D eigenvalue weighted by Gasteiger charge is -2.21. The first-order chi connectivity index (χ1) is 10.8. The van der Waals surface area contributed by atoms with Crippen molar-refractivity contribution >= 4 is 11.5 Å². The molecule has 0 radical (unpaired) electrons. The Hall–Kier alpha value is -2.30. The number of hydrogen-bond donors (Lipinski definition) is 1. The van der Waals surface area contributed by atoms with Crippen LogP contribution in [0.4, 0.5) is 11.5 Å². The van der Waals surface area contributed by atoms with Crippen LogP contribution < -0.4 is 15.0 Å². The molecule has 1 aromatic carbocycles. The Morgan fingerprint density at radius 1 is 1.32 bits per heavy atom. The zero-order valence-corrected chi connectivity index (χ0v) is 13.1. The third-order valence-corrected chi connectivity index (χ3v) is 4.09. The van der Waals surface area contributed by atoms with Crippen LogP contribution in [0.5, 0.6) is 5.75 Å². The van der Waals surface area contributed by atoms with Crippen molar-refractivity contribution in [3.8, 4) is 5.75 Å². The fourth-order valence-corrected chi connectivity index (χ4v) is 2.91. The van der Waals surface area contributed by atoms with E-state index in [1.807, 2.05) is 25.1 Å². The molecule has 1 fully saturated rings. The van der Waals surface area contributed by atoms with Crippen LogP contribution in [0.2, 0.25) is 0 Å². The molecule has 1 N–H and O–H groups in total. The number of benzene rings is 1. The van der Waals surface area contributed by atoms with E-state index in [9.17, 15) is 0 Å². The summed E-state index contributed by atoms with van der Waals surface area (Å²) in [7, 11) is 1.73. The molecular weight excluding hydrogens is 276 g/mol. The van der Waals surface area contributed by atoms with Gasteiger partial charge in [-0.3, -0.25) is 0 Å². The van der Waals surface area contributed by atoms with E-state index in [2.05, 4.69) is 32.3 Å². The van der Waals surface area contributed by atoms with E-state index in [1.54, 1.807) is 13.4 Å². The molecule has 1 aromatic heterocycles. The summed E-state index contributed by atoms with van der Waals surface area (Å²) in [6.45, 7) is 5.01. The number of ether oxygens (including phenoxy) is 1. The molecule has 1 unspecified atom stereocenters. The van der Waals surface area contributed by atoms with Gasteiger partial charge in [-0.1, -0.05) is 12.1 Å². The second kappa shape index (κ2) is 6.64. The summed E-state index contributed by atoms with van der Waals surface area (Å²) in [6, 6.07) is 10.2. The molecule has 5 heteroatoms. The number of nitrogens with zero attached hydrogens (tertiary/aromatic N) is 3. The summed E-state index contributed by atoms with van der Waals surface area (Å²) in [4.78, 5) is 10.8. The summed E-state index contributed by atoms with van der Waals surface area (Å²) >= 11 is 0. The van der Waals surface area contributed by atoms with Gasteiger partial charge in [0, 0.05) is 31.4 Å². The third kappa shape index (κ3) is 3.30. The zero-order valence-electron chi connectivity index (χ0n) is 13.1. The molecule has 1 aliphatic rings. The number of rotatable bonds is 5. The van der Waals surface area contributed by atoms with Gasteiger partial charge in [0.2, 0.25) is 0 Å². The van der Waals surface area contributed by atoms with Crippen LogP contribution in [-0.2, 0) is 0 Å². The largest absolute Gasteiger partial charge is 0.495 e. The lowest BCUT2D eigenvalue weighted by Crippen LogP contribution is -2.23. The molecule has 1 saturated heterocycles. The normalized spacial score (nSPS) is 17.5. The number of hydrogen-bond acceptors (Lipinski definition) is 5. The Labute approximate surface area is 131 Å². The van der Waals surface area contributed by atoms with E-state index < -0.39 is 0 Å². The molecule has 1 atom stereocenters. The topological polar surface area (TPSA) is 50.3 Å². The van der Waals surface area contributed by atoms with Crippen molar-refractivity contribution in [3.63, 3.8) is 0 Å². The van der Waals surface area contributed by atoms with Gasteiger partial charge in [-0.15, -0.1) is 0 Å². The first-order valence-corrected chi connectivity index (χ1v) is 7.67. The highest BCUT2D eigenvalue weighted by molar-refractivity contribution is 5.59. The van der Waals surface area contributed by atoms with Crippen molar-refractivity contribution in [2.45, 2.75) is 13.3 Å². The fraction of sp³-hybridized carbons (Fsp3) is 0.412. The molecule has 0 amide bonds. The van der Waals surface area contributed by atoms with Crippen LogP contribution in [0.3, 0.4) is 0 Å². The molecule has 22 heavy (non-hydrogen) atoms. The van der Waals surface area contributed by atoms with E-state index >= 15 is 0 Å². The Morgan fingerprint density at radius 3 is 3.00 bits per heavy atom. The van der Waals surface area contributed by atoms with E-state index in [1.165, 1.54) is 12.1 Å². The fourth-order valence-electron chi connectivity index (χ4n) is 2.91. The summed E-state index contributed by atoms with van der Waals surface area (Å²) < 4.78 is 5.46. The number of aromatic nitrogens is 2. The minimum Gasteiger partial charge on any atom is -0.495 e. The van der Waals surface area contributed by atoms with E-state index in [-0.39, 0.29) is 0 Å². The number of nitrogens with one attached hydrogen (secondary N) is 1. The van der Waals surface area contributed by atoms with E-state index in [4.69, 9.17) is 4.74 Å². The van der Waals surface area contributed by atoms with Gasteiger partial charge in [-0.25, -0.2) is 9.97 Å². The average molecular weight is 298 g/mol. The Morgan fingerprint density at radius 2 is 2.18 bits per heavy atom. The molecule has 0 spiro atoms. The van der Waals surface area contributed by atoms with Gasteiger partial charge in [0.05, 0.1) is 12.8 Å². The van der Waals surface area contributed by atoms with Crippen LogP contribution in [0.15, 0.2) is 36.7 Å². The first kappa shape index (κ1) is 14.6. The molecule has 2 heterocycles. The van der Waals surface area contributed by atoms with Crippen LogP contribution in [0, 0.1) is 12.8 Å². The minimum atomic E-state index is 0.611. The predicted octanol–water partition coefficient (Wildman–Crippen LogP) is 2.73. The quantitative estimate of drug-likeness (QED) is 0.920. The van der Waals surface area contributed by atoms with Gasteiger partial charge in [0.1, 0.15) is 17.9 Å². The second-order valence-electron chi connectivity index (χ2n) is 5.70. The molecule has 1 aliphatic heterocycles. The molecule has 3 rings (SSSR count). The Balaban J connectivity index is 1.58. The van der Waals surface area contributed by atoms with Crippen molar-refractivity contribution in [2.24, 2.45) is 5.92 Å². The number of para-hydroxylation sites is 2. The molecular formula is C17H22N4O. The lowest BCUT2D eigenvalue weighted by atomic mass is 10.1. The SMILES string of the molecule is COc1ccccc1N1CCC(CNc2cc(C)ncn2)C1. The molecule has 5 nitrogen and oxygen atoms in total. The van der Waals surface area contributed by atoms with E-state index in [0.29, 0.717) is 5.92 Å². The van der Waals surface area contributed by atoms with Crippen LogP contribution in [0.1, 0.15) is 12.1 Å². The summed E-state index contributed by atoms with van der Waals surface area (Å²) in [5.41, 5.74) is 2.17. The first-order valence-electron chi connectivity index (χ1n) is 7.67. The second-order valence-corrected chi connectivity index (χ2v) is 5.70. The van der Waals surface area contributed by atoms with Gasteiger partial charge in [-0.2, -0.15) is 0 Å². The van der Waals surface area contributed by atoms with Gasteiger partial charge in [0.15, 0.2) is 0 Å². The molecule has 2 aromatic rings. The van der Waals surface area contributed by atoms with Gasteiger partial charge in [-0.05, 0) is 31.4 Å². The Bertz CT molecular complexity index is 632. The molecule has 0 bridgehead atoms. The van der Waals surface area contributed by atoms with Crippen molar-refractivity contribution in [1.82, 2.24) is 9.97 Å². The summed E-state index contributed by atoms with van der Waals surface area (Å²) in [6.07, 6.45) is 2.78. The number of anilines is 2. The van der Waals surface area contributed by atoms with Gasteiger partial charge < -0.3 is 15.0 Å². The summed E-state index contributed by atoms with van der Waals surface area (Å²) in [5.74, 6) is 2.46. The molecule has 0 saturated carbocycles. The monoisotopic (exact) mass is 298 g/mol. The van der Waals surface area contributed by atoms with Crippen molar-refractivity contribution < 1.29 is 4.74 Å². The van der Waals surface area contributed by atoms with Gasteiger partial charge in [0.25, 0.3) is 0 Å². The average Bonchev–Trinajstić information content (AvgIpc) is 3.02. The van der Waals surface area contributed by atoms with Crippen molar-refractivity contribution in [1.29, 1.82) is 0 Å². The molecule has 0 aliphatic carbocycles. The van der Waals surface area contributed by atoms with Crippen LogP contribution in [-0.4, -0.2) is 36.7 Å². The maximum atomic E-state index is 5.46. The van der Waals surface area contributed by atoms with E-state index in [0.717, 1.165) is 36.9 Å². The van der Waals surface area contributed by atoms with Crippen molar-refractivity contribution in [2.75, 3.05) is 37.0 Å². The van der Waals surface area contributed by atoms with Crippen LogP contribution >= 0.6 is 0 Å². The predicted molar refractivity (Wildman–Crippen MR) is 88.6 cm³/mol. The standard InChI is InChI=1S/C17H22N4O/c1-13-9-17(20-12-19-13)18-10-14-7-8-21(11-14)15-5-3-4-6-16(15)22-2/h3-6,9,12,14H,7-8,10-11H2,1-2H3,(H,18,19,20). The third-order valence-electron chi connectivity index (χ3n) is 4.09. The maximum absolute atomic E-state index is 5.46. The van der Waals surface area contributed by atoms with Gasteiger partial charge >= 0.3 is 0 Å². The highest BCUT2D eigenvalue weighted by atomic mass is 16.5. The number of methoxy groups -OCH3 is 1. The van der Waals surface area contributed by atoms with Crippen LogP contribution in [0.25, 0.3) is 0 Å². The lowest BCUT2D eigenvalue weighted by molar-refractivity contribution is 0.414. The smallest absolute Gasteiger partial charge is 0.142 e. The highest BCUT2D eigenvalue weighted by Gasteiger charge is 2.24. The summed E-state index contributed by atoms with van der Waals surface area (Å²) in [5, 5.41) is 3.42. The minimum absolute atomic E-state index is 0.611. The van der Waals surface area contributed by atoms with Crippen molar-refractivity contribution in [3.05, 3.63) is 42.4 Å². The number of aryl methyl sites for hydroxylation is 1. The molecule has 116 valence electrons. The maximum Gasteiger partial charge on any atom is 0.142 e. The highest BCUT2D eigenvalue weighted by Crippen LogP contribution is 2.31. The zero-order chi connectivity index (χ0) is 15.4.